The zero-order valence-corrected chi connectivity index (χ0v) is 11.0. The summed E-state index contributed by atoms with van der Waals surface area (Å²) in [6.45, 7) is 2.18. The van der Waals surface area contributed by atoms with Crippen LogP contribution in [-0.4, -0.2) is 7.05 Å². The monoisotopic (exact) mass is 311 g/mol. The van der Waals surface area contributed by atoms with Crippen LogP contribution in [0.2, 0.25) is 0 Å². The molecular formula is C8H11Br2NS. The Morgan fingerprint density at radius 1 is 1.58 bits per heavy atom. The fraction of sp³-hybridized carbons (Fsp3) is 0.500. The average molecular weight is 313 g/mol. The van der Waals surface area contributed by atoms with Gasteiger partial charge in [0.1, 0.15) is 0 Å². The van der Waals surface area contributed by atoms with Gasteiger partial charge in [-0.15, -0.1) is 11.3 Å². The molecule has 1 rings (SSSR count). The molecule has 0 fully saturated rings. The molecule has 0 saturated heterocycles. The van der Waals surface area contributed by atoms with Crippen LogP contribution in [-0.2, 0) is 0 Å². The summed E-state index contributed by atoms with van der Waals surface area (Å²) in [7, 11) is 2.00. The van der Waals surface area contributed by atoms with Crippen molar-refractivity contribution in [2.24, 2.45) is 0 Å². The first-order chi connectivity index (χ1) is 5.69. The second-order valence-corrected chi connectivity index (χ2v) is 5.78. The lowest BCUT2D eigenvalue weighted by Gasteiger charge is -2.10. The van der Waals surface area contributed by atoms with Gasteiger partial charge in [-0.3, -0.25) is 0 Å². The second-order valence-electron chi connectivity index (χ2n) is 2.52. The minimum atomic E-state index is 0.484. The van der Waals surface area contributed by atoms with Crippen molar-refractivity contribution in [2.45, 2.75) is 19.4 Å². The smallest absolute Gasteiger partial charge is 0.0843 e. The van der Waals surface area contributed by atoms with Crippen LogP contribution in [0.15, 0.2) is 14.3 Å². The fourth-order valence-electron chi connectivity index (χ4n) is 1.08. The van der Waals surface area contributed by atoms with E-state index in [2.05, 4.69) is 50.2 Å². The van der Waals surface area contributed by atoms with Crippen LogP contribution < -0.4 is 5.32 Å². The molecule has 0 amide bonds. The van der Waals surface area contributed by atoms with E-state index < -0.39 is 0 Å². The van der Waals surface area contributed by atoms with Gasteiger partial charge in [-0.25, -0.2) is 0 Å². The molecule has 68 valence electrons. The highest BCUT2D eigenvalue weighted by molar-refractivity contribution is 9.13. The van der Waals surface area contributed by atoms with Crippen molar-refractivity contribution in [1.82, 2.24) is 5.32 Å². The van der Waals surface area contributed by atoms with Crippen molar-refractivity contribution >= 4 is 43.2 Å². The number of hydrogen-bond acceptors (Lipinski definition) is 2. The van der Waals surface area contributed by atoms with Gasteiger partial charge < -0.3 is 5.32 Å². The molecule has 0 aliphatic rings. The van der Waals surface area contributed by atoms with Crippen LogP contribution in [0.25, 0.3) is 0 Å². The zero-order chi connectivity index (χ0) is 9.14. The van der Waals surface area contributed by atoms with E-state index >= 15 is 0 Å². The highest BCUT2D eigenvalue weighted by Gasteiger charge is 2.11. The third-order valence-electron chi connectivity index (χ3n) is 1.76. The molecule has 0 aliphatic carbocycles. The lowest BCUT2D eigenvalue weighted by atomic mass is 10.2. The third kappa shape index (κ3) is 2.31. The van der Waals surface area contributed by atoms with Gasteiger partial charge >= 0.3 is 0 Å². The lowest BCUT2D eigenvalue weighted by molar-refractivity contribution is 0.586. The summed E-state index contributed by atoms with van der Waals surface area (Å²) in [6, 6.07) is 2.65. The second kappa shape index (κ2) is 4.74. The summed E-state index contributed by atoms with van der Waals surface area (Å²) in [5.41, 5.74) is 0. The highest BCUT2D eigenvalue weighted by atomic mass is 79.9. The van der Waals surface area contributed by atoms with Gasteiger partial charge in [-0.05, 0) is 51.4 Å². The van der Waals surface area contributed by atoms with Gasteiger partial charge in [-0.2, -0.15) is 0 Å². The number of hydrogen-bond donors (Lipinski definition) is 1. The Kier molecular flexibility index (Phi) is 4.23. The summed E-state index contributed by atoms with van der Waals surface area (Å²) in [5.74, 6) is 0. The number of halogens is 2. The van der Waals surface area contributed by atoms with Gasteiger partial charge in [0.25, 0.3) is 0 Å². The molecule has 1 atom stereocenters. The first kappa shape index (κ1) is 10.7. The van der Waals surface area contributed by atoms with Crippen LogP contribution in [0.1, 0.15) is 24.3 Å². The molecule has 4 heteroatoms. The molecule has 1 N–H and O–H groups in total. The number of thiophene rings is 1. The molecule has 1 aromatic heterocycles. The SMILES string of the molecule is CCC(NC)c1cc(Br)c(Br)s1. The summed E-state index contributed by atoms with van der Waals surface area (Å²) >= 11 is 8.74. The molecule has 0 saturated carbocycles. The van der Waals surface area contributed by atoms with Crippen molar-refractivity contribution in [2.75, 3.05) is 7.05 Å². The van der Waals surface area contributed by atoms with Crippen molar-refractivity contribution < 1.29 is 0 Å². The number of nitrogens with one attached hydrogen (secondary N) is 1. The van der Waals surface area contributed by atoms with Gasteiger partial charge in [0, 0.05) is 15.4 Å². The maximum absolute atomic E-state index is 3.49. The predicted octanol–water partition coefficient (Wildman–Crippen LogP) is 3.94. The van der Waals surface area contributed by atoms with E-state index in [0.29, 0.717) is 6.04 Å². The van der Waals surface area contributed by atoms with Crippen LogP contribution >= 0.6 is 43.2 Å². The van der Waals surface area contributed by atoms with E-state index in [9.17, 15) is 0 Å². The minimum Gasteiger partial charge on any atom is -0.312 e. The molecule has 0 bridgehead atoms. The molecule has 0 spiro atoms. The van der Waals surface area contributed by atoms with Crippen molar-refractivity contribution in [3.63, 3.8) is 0 Å². The predicted molar refractivity (Wildman–Crippen MR) is 61.8 cm³/mol. The molecule has 0 aromatic carbocycles. The highest BCUT2D eigenvalue weighted by Crippen LogP contribution is 2.36. The Balaban J connectivity index is 2.86. The zero-order valence-electron chi connectivity index (χ0n) is 7.03. The Bertz CT molecular complexity index is 236. The summed E-state index contributed by atoms with van der Waals surface area (Å²) < 4.78 is 2.32. The molecule has 1 heterocycles. The molecule has 12 heavy (non-hydrogen) atoms. The Morgan fingerprint density at radius 3 is 2.58 bits per heavy atom. The van der Waals surface area contributed by atoms with Gasteiger partial charge in [0.05, 0.1) is 3.79 Å². The van der Waals surface area contributed by atoms with Crippen molar-refractivity contribution in [1.29, 1.82) is 0 Å². The summed E-state index contributed by atoms with van der Waals surface area (Å²) in [5, 5.41) is 3.28. The maximum Gasteiger partial charge on any atom is 0.0843 e. The summed E-state index contributed by atoms with van der Waals surface area (Å²) in [4.78, 5) is 1.37. The van der Waals surface area contributed by atoms with Gasteiger partial charge in [0.15, 0.2) is 0 Å². The Hall–Kier alpha value is 0.620. The largest absolute Gasteiger partial charge is 0.312 e. The standard InChI is InChI=1S/C8H11Br2NS/c1-3-6(11-2)7-4-5(9)8(10)12-7/h4,6,11H,3H2,1-2H3. The van der Waals surface area contributed by atoms with E-state index in [1.807, 2.05) is 7.05 Å². The quantitative estimate of drug-likeness (QED) is 0.891. The Morgan fingerprint density at radius 2 is 2.25 bits per heavy atom. The molecule has 1 nitrogen and oxygen atoms in total. The third-order valence-corrected chi connectivity index (χ3v) is 5.13. The normalized spacial score (nSPS) is 13.3. The van der Waals surface area contributed by atoms with E-state index in [-0.39, 0.29) is 0 Å². The van der Waals surface area contributed by atoms with Crippen LogP contribution in [0.4, 0.5) is 0 Å². The van der Waals surface area contributed by atoms with E-state index in [0.717, 1.165) is 10.9 Å². The molecule has 1 unspecified atom stereocenters. The fourth-order valence-corrected chi connectivity index (χ4v) is 3.37. The summed E-state index contributed by atoms with van der Waals surface area (Å²) in [6.07, 6.45) is 1.12. The topological polar surface area (TPSA) is 12.0 Å². The average Bonchev–Trinajstić information content (AvgIpc) is 2.35. The Labute approximate surface area is 93.8 Å². The molecule has 1 aromatic rings. The van der Waals surface area contributed by atoms with E-state index in [1.54, 1.807) is 11.3 Å². The van der Waals surface area contributed by atoms with Crippen molar-refractivity contribution in [3.05, 3.63) is 19.2 Å². The maximum atomic E-state index is 3.49. The van der Waals surface area contributed by atoms with Crippen LogP contribution in [0.5, 0.6) is 0 Å². The van der Waals surface area contributed by atoms with Crippen LogP contribution in [0, 0.1) is 0 Å². The first-order valence-corrected chi connectivity index (χ1v) is 6.21. The molecule has 0 radical (unpaired) electrons. The molecule has 0 aliphatic heterocycles. The van der Waals surface area contributed by atoms with Crippen LogP contribution in [0.3, 0.4) is 0 Å². The van der Waals surface area contributed by atoms with E-state index in [4.69, 9.17) is 0 Å². The molecular weight excluding hydrogens is 302 g/mol. The minimum absolute atomic E-state index is 0.484. The van der Waals surface area contributed by atoms with Gasteiger partial charge in [0.2, 0.25) is 0 Å². The lowest BCUT2D eigenvalue weighted by Crippen LogP contribution is -2.13. The first-order valence-electron chi connectivity index (χ1n) is 3.81. The van der Waals surface area contributed by atoms with Crippen molar-refractivity contribution in [3.8, 4) is 0 Å². The van der Waals surface area contributed by atoms with Gasteiger partial charge in [-0.1, -0.05) is 6.92 Å². The number of rotatable bonds is 3. The van der Waals surface area contributed by atoms with E-state index in [1.165, 1.54) is 8.66 Å².